The largest absolute Gasteiger partial charge is 0.295 e. The molecule has 0 spiro atoms. The summed E-state index contributed by atoms with van der Waals surface area (Å²) >= 11 is 0. The number of Topliss-reactive ketones (excluding diaryl/α,β-unsaturated/α-hetero) is 1. The molecule has 0 aliphatic heterocycles. The molecule has 12 heavy (non-hydrogen) atoms. The van der Waals surface area contributed by atoms with Crippen LogP contribution in [0, 0.1) is 20.8 Å². The van der Waals surface area contributed by atoms with Crippen LogP contribution in [0.1, 0.15) is 34.0 Å². The third-order valence-corrected chi connectivity index (χ3v) is 2.44. The van der Waals surface area contributed by atoms with E-state index in [1.54, 1.807) is 6.92 Å². The second-order valence-corrected chi connectivity index (χ2v) is 3.24. The molecule has 0 fully saturated rings. The summed E-state index contributed by atoms with van der Waals surface area (Å²) in [5.41, 5.74) is 4.43. The molecule has 1 nitrogen and oxygen atoms in total. The van der Waals surface area contributed by atoms with Crippen LogP contribution in [-0.4, -0.2) is 5.78 Å². The molecule has 1 heteroatoms. The van der Waals surface area contributed by atoms with E-state index in [2.05, 4.69) is 13.8 Å². The molecule has 0 bridgehead atoms. The molecular formula is C11H14O. The van der Waals surface area contributed by atoms with Gasteiger partial charge in [0, 0.05) is 5.56 Å². The van der Waals surface area contributed by atoms with Crippen LogP contribution in [0.3, 0.4) is 0 Å². The second-order valence-electron chi connectivity index (χ2n) is 3.24. The van der Waals surface area contributed by atoms with Gasteiger partial charge in [-0.2, -0.15) is 0 Å². The van der Waals surface area contributed by atoms with Crippen LogP contribution < -0.4 is 0 Å². The van der Waals surface area contributed by atoms with Crippen molar-refractivity contribution in [3.05, 3.63) is 34.4 Å². The van der Waals surface area contributed by atoms with Gasteiger partial charge in [0.2, 0.25) is 0 Å². The van der Waals surface area contributed by atoms with Crippen molar-refractivity contribution in [3.8, 4) is 0 Å². The quantitative estimate of drug-likeness (QED) is 0.580. The SMILES string of the molecule is CC(=O)c1ccc(C)c(C)c1C. The van der Waals surface area contributed by atoms with Crippen LogP contribution >= 0.6 is 0 Å². The van der Waals surface area contributed by atoms with Gasteiger partial charge in [-0.1, -0.05) is 12.1 Å². The number of aryl methyl sites for hydroxylation is 1. The topological polar surface area (TPSA) is 17.1 Å². The third-order valence-electron chi connectivity index (χ3n) is 2.44. The summed E-state index contributed by atoms with van der Waals surface area (Å²) in [6, 6.07) is 3.90. The van der Waals surface area contributed by atoms with Crippen molar-refractivity contribution >= 4 is 5.78 Å². The van der Waals surface area contributed by atoms with Crippen LogP contribution in [0.25, 0.3) is 0 Å². The summed E-state index contributed by atoms with van der Waals surface area (Å²) in [6.45, 7) is 7.72. The number of carbonyl (C=O) groups is 1. The summed E-state index contributed by atoms with van der Waals surface area (Å²) in [6.07, 6.45) is 0. The highest BCUT2D eigenvalue weighted by molar-refractivity contribution is 5.95. The standard InChI is InChI=1S/C11H14O/c1-7-5-6-11(10(4)12)9(3)8(7)2/h5-6H,1-4H3. The zero-order chi connectivity index (χ0) is 9.30. The fourth-order valence-electron chi connectivity index (χ4n) is 1.34. The highest BCUT2D eigenvalue weighted by atomic mass is 16.1. The van der Waals surface area contributed by atoms with Gasteiger partial charge in [-0.05, 0) is 44.4 Å². The maximum Gasteiger partial charge on any atom is 0.160 e. The average Bonchev–Trinajstić information content (AvgIpc) is 2.00. The molecule has 1 rings (SSSR count). The molecule has 0 aromatic heterocycles. The summed E-state index contributed by atoms with van der Waals surface area (Å²) in [5.74, 6) is 0.149. The Bertz CT molecular complexity index is 324. The monoisotopic (exact) mass is 162 g/mol. The first-order valence-electron chi connectivity index (χ1n) is 4.11. The van der Waals surface area contributed by atoms with Gasteiger partial charge in [-0.3, -0.25) is 4.79 Å². The Hall–Kier alpha value is -1.11. The maximum absolute atomic E-state index is 11.1. The summed E-state index contributed by atoms with van der Waals surface area (Å²) in [5, 5.41) is 0. The fraction of sp³-hybridized carbons (Fsp3) is 0.364. The first kappa shape index (κ1) is 8.98. The Balaban J connectivity index is 3.36. The highest BCUT2D eigenvalue weighted by Gasteiger charge is 2.06. The first-order chi connectivity index (χ1) is 5.54. The summed E-state index contributed by atoms with van der Waals surface area (Å²) in [7, 11) is 0. The lowest BCUT2D eigenvalue weighted by Crippen LogP contribution is -1.99. The second kappa shape index (κ2) is 3.10. The molecule has 0 unspecified atom stereocenters. The van der Waals surface area contributed by atoms with Crippen LogP contribution in [0.5, 0.6) is 0 Å². The molecule has 0 saturated carbocycles. The smallest absolute Gasteiger partial charge is 0.160 e. The van der Waals surface area contributed by atoms with Crippen LogP contribution in [0.15, 0.2) is 12.1 Å². The zero-order valence-electron chi connectivity index (χ0n) is 8.06. The maximum atomic E-state index is 11.1. The van der Waals surface area contributed by atoms with Crippen molar-refractivity contribution in [2.24, 2.45) is 0 Å². The van der Waals surface area contributed by atoms with Gasteiger partial charge in [-0.15, -0.1) is 0 Å². The van der Waals surface area contributed by atoms with Gasteiger partial charge >= 0.3 is 0 Å². The van der Waals surface area contributed by atoms with Crippen LogP contribution in [0.4, 0.5) is 0 Å². The molecule has 0 radical (unpaired) electrons. The number of hydrogen-bond acceptors (Lipinski definition) is 1. The normalized spacial score (nSPS) is 10.0. The first-order valence-corrected chi connectivity index (χ1v) is 4.11. The molecule has 1 aromatic carbocycles. The Kier molecular flexibility index (Phi) is 2.32. The van der Waals surface area contributed by atoms with Gasteiger partial charge in [0.25, 0.3) is 0 Å². The van der Waals surface area contributed by atoms with Gasteiger partial charge in [-0.25, -0.2) is 0 Å². The minimum Gasteiger partial charge on any atom is -0.295 e. The van der Waals surface area contributed by atoms with Crippen molar-refractivity contribution in [2.45, 2.75) is 27.7 Å². The van der Waals surface area contributed by atoms with Crippen molar-refractivity contribution in [1.82, 2.24) is 0 Å². The predicted octanol–water partition coefficient (Wildman–Crippen LogP) is 2.81. The zero-order valence-corrected chi connectivity index (χ0v) is 8.06. The molecule has 0 atom stereocenters. The van der Waals surface area contributed by atoms with E-state index in [1.807, 2.05) is 19.1 Å². The Morgan fingerprint density at radius 3 is 2.17 bits per heavy atom. The molecule has 64 valence electrons. The number of hydrogen-bond donors (Lipinski definition) is 0. The number of benzene rings is 1. The minimum absolute atomic E-state index is 0.149. The predicted molar refractivity (Wildman–Crippen MR) is 50.7 cm³/mol. The van der Waals surface area contributed by atoms with Crippen LogP contribution in [0.2, 0.25) is 0 Å². The van der Waals surface area contributed by atoms with Gasteiger partial charge < -0.3 is 0 Å². The summed E-state index contributed by atoms with van der Waals surface area (Å²) in [4.78, 5) is 11.1. The lowest BCUT2D eigenvalue weighted by molar-refractivity contribution is 0.101. The van der Waals surface area contributed by atoms with Gasteiger partial charge in [0.1, 0.15) is 0 Å². The minimum atomic E-state index is 0.149. The highest BCUT2D eigenvalue weighted by Crippen LogP contribution is 2.17. The van der Waals surface area contributed by atoms with Crippen molar-refractivity contribution < 1.29 is 4.79 Å². The van der Waals surface area contributed by atoms with E-state index in [-0.39, 0.29) is 5.78 Å². The molecular weight excluding hydrogens is 148 g/mol. The van der Waals surface area contributed by atoms with E-state index in [0.29, 0.717) is 0 Å². The Labute approximate surface area is 73.4 Å². The lowest BCUT2D eigenvalue weighted by atomic mass is 9.97. The molecule has 1 aromatic rings. The molecule has 0 aliphatic rings. The fourth-order valence-corrected chi connectivity index (χ4v) is 1.34. The molecule has 0 amide bonds. The number of rotatable bonds is 1. The van der Waals surface area contributed by atoms with Crippen molar-refractivity contribution in [2.75, 3.05) is 0 Å². The number of carbonyl (C=O) groups excluding carboxylic acids is 1. The van der Waals surface area contributed by atoms with E-state index in [0.717, 1.165) is 11.1 Å². The number of ketones is 1. The third kappa shape index (κ3) is 1.40. The van der Waals surface area contributed by atoms with Crippen LogP contribution in [-0.2, 0) is 0 Å². The molecule has 0 aliphatic carbocycles. The van der Waals surface area contributed by atoms with E-state index in [9.17, 15) is 4.79 Å². The Morgan fingerprint density at radius 1 is 1.08 bits per heavy atom. The molecule has 0 N–H and O–H groups in total. The molecule has 0 heterocycles. The molecule has 0 saturated heterocycles. The van der Waals surface area contributed by atoms with E-state index in [4.69, 9.17) is 0 Å². The van der Waals surface area contributed by atoms with Gasteiger partial charge in [0.15, 0.2) is 5.78 Å². The van der Waals surface area contributed by atoms with Crippen molar-refractivity contribution in [1.29, 1.82) is 0 Å². The average molecular weight is 162 g/mol. The van der Waals surface area contributed by atoms with E-state index < -0.39 is 0 Å². The summed E-state index contributed by atoms with van der Waals surface area (Å²) < 4.78 is 0. The van der Waals surface area contributed by atoms with E-state index in [1.165, 1.54) is 11.1 Å². The van der Waals surface area contributed by atoms with Crippen molar-refractivity contribution in [3.63, 3.8) is 0 Å². The van der Waals surface area contributed by atoms with E-state index >= 15 is 0 Å². The Morgan fingerprint density at radius 2 is 1.67 bits per heavy atom. The van der Waals surface area contributed by atoms with Gasteiger partial charge in [0.05, 0.1) is 0 Å². The lowest BCUT2D eigenvalue weighted by Gasteiger charge is -2.07.